The van der Waals surface area contributed by atoms with Gasteiger partial charge in [0.25, 0.3) is 0 Å². The number of likely N-dealkylation sites (N-methyl/N-ethyl adjacent to an activating group) is 1. The Kier molecular flexibility index (Phi) is 6.52. The summed E-state index contributed by atoms with van der Waals surface area (Å²) >= 11 is 5.97. The van der Waals surface area contributed by atoms with E-state index in [2.05, 4.69) is 18.3 Å². The van der Waals surface area contributed by atoms with Crippen molar-refractivity contribution in [2.24, 2.45) is 0 Å². The number of halogens is 1. The van der Waals surface area contributed by atoms with Crippen LogP contribution in [0.25, 0.3) is 0 Å². The van der Waals surface area contributed by atoms with Crippen LogP contribution in [-0.2, 0) is 15.9 Å². The third-order valence-electron chi connectivity index (χ3n) is 2.60. The van der Waals surface area contributed by atoms with Crippen LogP contribution in [0.15, 0.2) is 24.3 Å². The SMILES string of the molecule is CCNC(Cc1cccc(Cl)c1)C(OC)OC. The maximum absolute atomic E-state index is 5.97. The van der Waals surface area contributed by atoms with E-state index in [0.29, 0.717) is 0 Å². The minimum absolute atomic E-state index is 0.119. The number of nitrogens with one attached hydrogen (secondary N) is 1. The largest absolute Gasteiger partial charge is 0.354 e. The van der Waals surface area contributed by atoms with Gasteiger partial charge in [0.15, 0.2) is 6.29 Å². The van der Waals surface area contributed by atoms with Crippen molar-refractivity contribution in [2.75, 3.05) is 20.8 Å². The lowest BCUT2D eigenvalue weighted by Gasteiger charge is -2.25. The molecule has 0 aliphatic carbocycles. The van der Waals surface area contributed by atoms with E-state index >= 15 is 0 Å². The topological polar surface area (TPSA) is 30.5 Å². The minimum atomic E-state index is -0.256. The third-order valence-corrected chi connectivity index (χ3v) is 2.84. The molecule has 0 bridgehead atoms. The zero-order valence-electron chi connectivity index (χ0n) is 10.6. The second kappa shape index (κ2) is 7.67. The zero-order valence-corrected chi connectivity index (χ0v) is 11.3. The Labute approximate surface area is 108 Å². The van der Waals surface area contributed by atoms with Crippen LogP contribution in [0.2, 0.25) is 5.02 Å². The fraction of sp³-hybridized carbons (Fsp3) is 0.538. The first-order valence-corrected chi connectivity index (χ1v) is 6.12. The van der Waals surface area contributed by atoms with E-state index < -0.39 is 0 Å². The molecule has 0 fully saturated rings. The van der Waals surface area contributed by atoms with Crippen LogP contribution in [0, 0.1) is 0 Å². The van der Waals surface area contributed by atoms with Crippen molar-refractivity contribution < 1.29 is 9.47 Å². The second-order valence-corrected chi connectivity index (χ2v) is 4.27. The Balaban J connectivity index is 2.71. The summed E-state index contributed by atoms with van der Waals surface area (Å²) in [5.74, 6) is 0. The molecule has 0 amide bonds. The third kappa shape index (κ3) is 4.64. The lowest BCUT2D eigenvalue weighted by atomic mass is 10.1. The first kappa shape index (κ1) is 14.5. The summed E-state index contributed by atoms with van der Waals surface area (Å²) in [5, 5.41) is 4.11. The Morgan fingerprint density at radius 1 is 1.29 bits per heavy atom. The van der Waals surface area contributed by atoms with E-state index in [0.717, 1.165) is 18.0 Å². The molecular weight excluding hydrogens is 238 g/mol. The van der Waals surface area contributed by atoms with Crippen molar-refractivity contribution >= 4 is 11.6 Å². The number of ether oxygens (including phenoxy) is 2. The van der Waals surface area contributed by atoms with Crippen LogP contribution in [-0.4, -0.2) is 33.1 Å². The predicted octanol–water partition coefficient (Wildman–Crippen LogP) is 2.48. The standard InChI is InChI=1S/C13H20ClNO2/c1-4-15-12(13(16-2)17-3)9-10-6-5-7-11(14)8-10/h5-8,12-13,15H,4,9H2,1-3H3. The van der Waals surface area contributed by atoms with Gasteiger partial charge in [0, 0.05) is 19.2 Å². The molecule has 1 aromatic rings. The fourth-order valence-corrected chi connectivity index (χ4v) is 2.08. The average Bonchev–Trinajstić information content (AvgIpc) is 2.31. The predicted molar refractivity (Wildman–Crippen MR) is 70.4 cm³/mol. The molecule has 0 radical (unpaired) electrons. The lowest BCUT2D eigenvalue weighted by molar-refractivity contribution is -0.122. The average molecular weight is 258 g/mol. The van der Waals surface area contributed by atoms with Crippen LogP contribution in [0.4, 0.5) is 0 Å². The van der Waals surface area contributed by atoms with Crippen molar-refractivity contribution in [3.05, 3.63) is 34.9 Å². The van der Waals surface area contributed by atoms with E-state index in [1.807, 2.05) is 18.2 Å². The van der Waals surface area contributed by atoms with E-state index in [1.54, 1.807) is 14.2 Å². The molecule has 0 aliphatic heterocycles. The molecule has 1 unspecified atom stereocenters. The van der Waals surface area contributed by atoms with Crippen LogP contribution in [0.1, 0.15) is 12.5 Å². The van der Waals surface area contributed by atoms with E-state index in [-0.39, 0.29) is 12.3 Å². The molecule has 0 aliphatic rings. The number of hydrogen-bond donors (Lipinski definition) is 1. The zero-order chi connectivity index (χ0) is 12.7. The summed E-state index contributed by atoms with van der Waals surface area (Å²) in [6.45, 7) is 2.93. The molecule has 17 heavy (non-hydrogen) atoms. The molecule has 1 atom stereocenters. The molecule has 0 saturated carbocycles. The van der Waals surface area contributed by atoms with Crippen LogP contribution < -0.4 is 5.32 Å². The summed E-state index contributed by atoms with van der Waals surface area (Å²) in [4.78, 5) is 0. The molecule has 0 saturated heterocycles. The minimum Gasteiger partial charge on any atom is -0.354 e. The summed E-state index contributed by atoms with van der Waals surface area (Å²) in [7, 11) is 3.30. The Morgan fingerprint density at radius 3 is 2.53 bits per heavy atom. The maximum atomic E-state index is 5.97. The molecule has 4 heteroatoms. The Bertz CT molecular complexity index is 329. The van der Waals surface area contributed by atoms with E-state index in [4.69, 9.17) is 21.1 Å². The number of benzene rings is 1. The van der Waals surface area contributed by atoms with Crippen LogP contribution in [0.5, 0.6) is 0 Å². The van der Waals surface area contributed by atoms with Crippen molar-refractivity contribution in [1.82, 2.24) is 5.32 Å². The Morgan fingerprint density at radius 2 is 2.00 bits per heavy atom. The summed E-state index contributed by atoms with van der Waals surface area (Å²) in [6.07, 6.45) is 0.565. The normalized spacial score (nSPS) is 13.0. The maximum Gasteiger partial charge on any atom is 0.172 e. The molecular formula is C13H20ClNO2. The molecule has 0 spiro atoms. The van der Waals surface area contributed by atoms with Crippen molar-refractivity contribution in [2.45, 2.75) is 25.7 Å². The molecule has 1 N–H and O–H groups in total. The molecule has 1 rings (SSSR count). The van der Waals surface area contributed by atoms with Gasteiger partial charge in [0.2, 0.25) is 0 Å². The van der Waals surface area contributed by atoms with Gasteiger partial charge < -0.3 is 14.8 Å². The number of hydrogen-bond acceptors (Lipinski definition) is 3. The van der Waals surface area contributed by atoms with Gasteiger partial charge in [-0.25, -0.2) is 0 Å². The van der Waals surface area contributed by atoms with Gasteiger partial charge in [-0.15, -0.1) is 0 Å². The molecule has 3 nitrogen and oxygen atoms in total. The van der Waals surface area contributed by atoms with Crippen molar-refractivity contribution in [1.29, 1.82) is 0 Å². The van der Waals surface area contributed by atoms with Gasteiger partial charge in [-0.3, -0.25) is 0 Å². The van der Waals surface area contributed by atoms with Crippen molar-refractivity contribution in [3.8, 4) is 0 Å². The number of methoxy groups -OCH3 is 2. The first-order valence-electron chi connectivity index (χ1n) is 5.74. The highest BCUT2D eigenvalue weighted by Crippen LogP contribution is 2.14. The van der Waals surface area contributed by atoms with Gasteiger partial charge >= 0.3 is 0 Å². The number of rotatable bonds is 7. The highest BCUT2D eigenvalue weighted by molar-refractivity contribution is 6.30. The monoisotopic (exact) mass is 257 g/mol. The first-order chi connectivity index (χ1) is 8.21. The van der Waals surface area contributed by atoms with Gasteiger partial charge in [-0.2, -0.15) is 0 Å². The van der Waals surface area contributed by atoms with Crippen molar-refractivity contribution in [3.63, 3.8) is 0 Å². The summed E-state index contributed by atoms with van der Waals surface area (Å²) in [6, 6.07) is 7.97. The summed E-state index contributed by atoms with van der Waals surface area (Å²) in [5.41, 5.74) is 1.17. The quantitative estimate of drug-likeness (QED) is 0.762. The van der Waals surface area contributed by atoms with E-state index in [9.17, 15) is 0 Å². The molecule has 1 aromatic carbocycles. The van der Waals surface area contributed by atoms with Gasteiger partial charge in [-0.1, -0.05) is 30.7 Å². The smallest absolute Gasteiger partial charge is 0.172 e. The van der Waals surface area contributed by atoms with Gasteiger partial charge in [-0.05, 0) is 30.7 Å². The highest BCUT2D eigenvalue weighted by atomic mass is 35.5. The van der Waals surface area contributed by atoms with Crippen LogP contribution >= 0.6 is 11.6 Å². The van der Waals surface area contributed by atoms with Gasteiger partial charge in [0.1, 0.15) is 0 Å². The molecule has 0 heterocycles. The van der Waals surface area contributed by atoms with Crippen LogP contribution in [0.3, 0.4) is 0 Å². The lowest BCUT2D eigenvalue weighted by Crippen LogP contribution is -2.43. The molecule has 96 valence electrons. The fourth-order valence-electron chi connectivity index (χ4n) is 1.87. The second-order valence-electron chi connectivity index (χ2n) is 3.84. The Hall–Kier alpha value is -0.610. The van der Waals surface area contributed by atoms with Gasteiger partial charge in [0.05, 0.1) is 6.04 Å². The molecule has 0 aromatic heterocycles. The summed E-state index contributed by atoms with van der Waals surface area (Å²) < 4.78 is 10.6. The highest BCUT2D eigenvalue weighted by Gasteiger charge is 2.20. The van der Waals surface area contributed by atoms with E-state index in [1.165, 1.54) is 5.56 Å².